The highest BCUT2D eigenvalue weighted by Gasteiger charge is 2.50. The molecule has 0 aliphatic carbocycles. The van der Waals surface area contributed by atoms with Crippen LogP contribution in [0.25, 0.3) is 0 Å². The lowest BCUT2D eigenvalue weighted by Crippen LogP contribution is -2.61. The van der Waals surface area contributed by atoms with Crippen LogP contribution in [0.15, 0.2) is 122 Å². The molecule has 0 aromatic carbocycles. The van der Waals surface area contributed by atoms with Crippen LogP contribution in [0.5, 0.6) is 0 Å². The summed E-state index contributed by atoms with van der Waals surface area (Å²) in [6, 6.07) is 0. The zero-order valence-electron chi connectivity index (χ0n) is 42.0. The average Bonchev–Trinajstić information content (AvgIpc) is 3.33. The number of carboxylic acid groups (broad SMARTS) is 1. The van der Waals surface area contributed by atoms with Crippen LogP contribution in [-0.4, -0.2) is 89.2 Å². The van der Waals surface area contributed by atoms with Gasteiger partial charge in [0.05, 0.1) is 6.61 Å². The molecule has 3 N–H and O–H groups in total. The molecule has 6 atom stereocenters. The number of carboxylic acids is 1. The number of esters is 3. The maximum Gasteiger partial charge on any atom is 0.335 e. The molecule has 1 saturated heterocycles. The maximum atomic E-state index is 13.0. The van der Waals surface area contributed by atoms with Gasteiger partial charge in [0.1, 0.15) is 18.8 Å². The predicted molar refractivity (Wildman–Crippen MR) is 275 cm³/mol. The number of aliphatic hydroxyl groups is 2. The van der Waals surface area contributed by atoms with E-state index in [4.69, 9.17) is 23.7 Å². The van der Waals surface area contributed by atoms with E-state index in [2.05, 4.69) is 130 Å². The van der Waals surface area contributed by atoms with Crippen LogP contribution in [0, 0.1) is 0 Å². The van der Waals surface area contributed by atoms with Gasteiger partial charge < -0.3 is 39.0 Å². The lowest BCUT2D eigenvalue weighted by molar-refractivity contribution is -0.301. The van der Waals surface area contributed by atoms with Crippen molar-refractivity contribution in [2.24, 2.45) is 0 Å². The molecule has 0 amide bonds. The highest BCUT2D eigenvalue weighted by molar-refractivity contribution is 5.74. The van der Waals surface area contributed by atoms with Crippen molar-refractivity contribution in [1.82, 2.24) is 0 Å². The van der Waals surface area contributed by atoms with Crippen molar-refractivity contribution in [2.75, 3.05) is 13.2 Å². The van der Waals surface area contributed by atoms with E-state index in [0.717, 1.165) is 103 Å². The second kappa shape index (κ2) is 44.3. The number of ether oxygens (including phenoxy) is 5. The van der Waals surface area contributed by atoms with E-state index in [0.29, 0.717) is 19.3 Å². The lowest BCUT2D eigenvalue weighted by atomic mass is 9.98. The second-order valence-corrected chi connectivity index (χ2v) is 16.7. The molecule has 0 bridgehead atoms. The third-order valence-corrected chi connectivity index (χ3v) is 10.5. The van der Waals surface area contributed by atoms with E-state index in [1.165, 1.54) is 0 Å². The number of carbonyl (C=O) groups excluding carboxylic acids is 3. The van der Waals surface area contributed by atoms with Crippen LogP contribution >= 0.6 is 0 Å². The molecule has 1 rings (SSSR count). The van der Waals surface area contributed by atoms with Gasteiger partial charge in [0.25, 0.3) is 0 Å². The van der Waals surface area contributed by atoms with Crippen molar-refractivity contribution in [2.45, 2.75) is 199 Å². The van der Waals surface area contributed by atoms with Crippen molar-refractivity contribution >= 4 is 23.9 Å². The van der Waals surface area contributed by atoms with E-state index >= 15 is 0 Å². The molecule has 6 unspecified atom stereocenters. The van der Waals surface area contributed by atoms with Crippen molar-refractivity contribution in [1.29, 1.82) is 0 Å². The number of allylic oxidation sites excluding steroid dienone is 20. The van der Waals surface area contributed by atoms with Gasteiger partial charge in [-0.1, -0.05) is 155 Å². The molecular weight excluding hydrogens is 877 g/mol. The summed E-state index contributed by atoms with van der Waals surface area (Å²) in [5.74, 6) is -3.34. The van der Waals surface area contributed by atoms with E-state index in [1.807, 2.05) is 12.2 Å². The average molecular weight is 963 g/mol. The molecule has 12 heteroatoms. The van der Waals surface area contributed by atoms with Crippen LogP contribution in [0.4, 0.5) is 0 Å². The standard InChI is InChI=1S/C57H86O12/c1-4-7-10-13-16-19-22-25-28-31-34-37-40-43-49(58)65-46-48(67-50(59)44-41-38-35-32-29-26-23-20-17-14-11-8-5-2)47-66-57-55(53(62)52(61)54(69-57)56(63)64)68-51(60)45-42-39-36-33-30-27-24-21-18-15-12-9-6-3/h7-12,16-21,25-30,34,37,48,52-55,57,61-62H,4-6,13-15,22-24,31-33,35-36,38-47H2,1-3H3,(H,63,64)/b10-7-,11-8-,12-9-,19-16-,20-17-,21-18-,28-25-,29-26-,30-27-,37-34-. The van der Waals surface area contributed by atoms with Gasteiger partial charge in [-0.3, -0.25) is 14.4 Å². The summed E-state index contributed by atoms with van der Waals surface area (Å²) in [5, 5.41) is 31.3. The third-order valence-electron chi connectivity index (χ3n) is 10.5. The summed E-state index contributed by atoms with van der Waals surface area (Å²) in [7, 11) is 0. The first-order valence-corrected chi connectivity index (χ1v) is 25.5. The zero-order chi connectivity index (χ0) is 50.4. The minimum Gasteiger partial charge on any atom is -0.479 e. The number of rotatable bonds is 40. The van der Waals surface area contributed by atoms with Gasteiger partial charge in [-0.15, -0.1) is 0 Å². The quantitative estimate of drug-likeness (QED) is 0.0230. The molecule has 0 radical (unpaired) electrons. The van der Waals surface area contributed by atoms with Crippen molar-refractivity contribution in [3.63, 3.8) is 0 Å². The number of aliphatic hydroxyl groups excluding tert-OH is 2. The van der Waals surface area contributed by atoms with Crippen molar-refractivity contribution in [3.05, 3.63) is 122 Å². The van der Waals surface area contributed by atoms with Crippen LogP contribution in [0.3, 0.4) is 0 Å². The van der Waals surface area contributed by atoms with Gasteiger partial charge in [-0.2, -0.15) is 0 Å². The maximum absolute atomic E-state index is 13.0. The normalized spacial score (nSPS) is 19.7. The summed E-state index contributed by atoms with van der Waals surface area (Å²) in [4.78, 5) is 50.8. The molecule has 0 aromatic heterocycles. The fourth-order valence-electron chi connectivity index (χ4n) is 6.70. The Kier molecular flexibility index (Phi) is 39.9. The number of hydrogen-bond donors (Lipinski definition) is 3. The fraction of sp³-hybridized carbons (Fsp3) is 0.579. The first-order valence-electron chi connectivity index (χ1n) is 25.5. The van der Waals surface area contributed by atoms with E-state index in [1.54, 1.807) is 0 Å². The monoisotopic (exact) mass is 963 g/mol. The van der Waals surface area contributed by atoms with Crippen LogP contribution in [0.2, 0.25) is 0 Å². The molecule has 1 aliphatic rings. The largest absolute Gasteiger partial charge is 0.479 e. The molecule has 1 heterocycles. The Hall–Kier alpha value is -4.88. The Labute approximate surface area is 414 Å². The van der Waals surface area contributed by atoms with Crippen molar-refractivity contribution in [3.8, 4) is 0 Å². The Bertz CT molecular complexity index is 1660. The second-order valence-electron chi connectivity index (χ2n) is 16.7. The van der Waals surface area contributed by atoms with E-state index in [9.17, 15) is 34.5 Å². The molecule has 0 aromatic rings. The Balaban J connectivity index is 2.83. The number of unbranched alkanes of at least 4 members (excludes halogenated alkanes) is 6. The molecule has 69 heavy (non-hydrogen) atoms. The van der Waals surface area contributed by atoms with Gasteiger partial charge in [0.2, 0.25) is 0 Å². The van der Waals surface area contributed by atoms with Crippen LogP contribution < -0.4 is 0 Å². The molecule has 386 valence electrons. The summed E-state index contributed by atoms with van der Waals surface area (Å²) in [5.41, 5.74) is 0. The molecule has 0 saturated carbocycles. The minimum absolute atomic E-state index is 0.00799. The first-order chi connectivity index (χ1) is 33.6. The highest BCUT2D eigenvalue weighted by Crippen LogP contribution is 2.26. The molecule has 0 spiro atoms. The number of aliphatic carboxylic acids is 1. The summed E-state index contributed by atoms with van der Waals surface area (Å²) in [6.45, 7) is 5.49. The van der Waals surface area contributed by atoms with Gasteiger partial charge in [0.15, 0.2) is 24.6 Å². The number of carbonyl (C=O) groups is 4. The highest BCUT2D eigenvalue weighted by atomic mass is 16.7. The van der Waals surface area contributed by atoms with Gasteiger partial charge in [0, 0.05) is 19.3 Å². The van der Waals surface area contributed by atoms with Crippen molar-refractivity contribution < 1.29 is 58.2 Å². The summed E-state index contributed by atoms with van der Waals surface area (Å²) < 4.78 is 28.1. The van der Waals surface area contributed by atoms with Crippen LogP contribution in [-0.2, 0) is 42.9 Å². The van der Waals surface area contributed by atoms with Gasteiger partial charge in [-0.05, 0) is 109 Å². The van der Waals surface area contributed by atoms with E-state index < -0.39 is 67.3 Å². The topological polar surface area (TPSA) is 175 Å². The van der Waals surface area contributed by atoms with Crippen LogP contribution in [0.1, 0.15) is 162 Å². The fourth-order valence-corrected chi connectivity index (χ4v) is 6.70. The summed E-state index contributed by atoms with van der Waals surface area (Å²) in [6.07, 6.45) is 47.9. The molecule has 12 nitrogen and oxygen atoms in total. The first kappa shape index (κ1) is 62.1. The summed E-state index contributed by atoms with van der Waals surface area (Å²) >= 11 is 0. The van der Waals surface area contributed by atoms with Gasteiger partial charge in [-0.25, -0.2) is 4.79 Å². The Morgan fingerprint density at radius 1 is 0.478 bits per heavy atom. The smallest absolute Gasteiger partial charge is 0.335 e. The SMILES string of the molecule is CC/C=C\C/C=C\C/C=C\C/C=C\CCC(=O)OCC(COC1OC(C(=O)O)C(O)C(O)C1OC(=O)CCCCC/C=C\C/C=C\C/C=C\CC)OC(=O)CCCCC/C=C\C/C=C\C/C=C\CC. The minimum atomic E-state index is -1.93. The Morgan fingerprint density at radius 2 is 0.899 bits per heavy atom. The third kappa shape index (κ3) is 35.0. The molecule has 1 aliphatic heterocycles. The molecule has 1 fully saturated rings. The Morgan fingerprint density at radius 3 is 1.35 bits per heavy atom. The van der Waals surface area contributed by atoms with E-state index in [-0.39, 0.29) is 25.9 Å². The van der Waals surface area contributed by atoms with Gasteiger partial charge >= 0.3 is 23.9 Å². The number of hydrogen-bond acceptors (Lipinski definition) is 11. The predicted octanol–water partition coefficient (Wildman–Crippen LogP) is 12.1. The lowest BCUT2D eigenvalue weighted by Gasteiger charge is -2.40. The zero-order valence-corrected chi connectivity index (χ0v) is 42.0. The molecular formula is C57H86O12.